The number of hydrogen-bond acceptors (Lipinski definition) is 9. The zero-order valence-corrected chi connectivity index (χ0v) is 12.0. The average molecular weight is 324 g/mol. The number of nitrogens with two attached hydrogens (primary N) is 2. The summed E-state index contributed by atoms with van der Waals surface area (Å²) in [7, 11) is 0. The number of aliphatic hydroxyl groups excluding tert-OH is 4. The van der Waals surface area contributed by atoms with Gasteiger partial charge in [-0.3, -0.25) is 4.79 Å². The van der Waals surface area contributed by atoms with Crippen LogP contribution in [-0.4, -0.2) is 87.5 Å². The lowest BCUT2D eigenvalue weighted by molar-refractivity contribution is -0.310. The molecule has 10 nitrogen and oxygen atoms in total. The van der Waals surface area contributed by atoms with Gasteiger partial charge in [0.2, 0.25) is 0 Å². The maximum absolute atomic E-state index is 10.7. The van der Waals surface area contributed by atoms with E-state index in [4.69, 9.17) is 31.2 Å². The lowest BCUT2D eigenvalue weighted by atomic mass is 9.99. The molecule has 22 heavy (non-hydrogen) atoms. The van der Waals surface area contributed by atoms with E-state index in [0.29, 0.717) is 0 Å². The Balaban J connectivity index is 2.59. The fourth-order valence-corrected chi connectivity index (χ4v) is 2.10. The summed E-state index contributed by atoms with van der Waals surface area (Å²) < 4.78 is 10.6. The van der Waals surface area contributed by atoms with Crippen molar-refractivity contribution in [2.75, 3.05) is 13.2 Å². The number of carboxylic acids is 1. The molecule has 0 aromatic heterocycles. The third kappa shape index (κ3) is 4.83. The Labute approximate surface area is 127 Å². The molecular weight excluding hydrogens is 300 g/mol. The molecule has 10 heteroatoms. The number of aliphatic hydroxyl groups is 4. The standard InChI is InChI=1S/C12H24N2O8/c13-3-5(1-2-6(14)11(19)20)21-12-10(18)9(17)8(16)7(4-15)22-12/h5-10,12,15-18H,1-4,13-14H2,(H,19,20)/t5-,6-,7+,8-,9-,10+,12-/m0/s1. The average Bonchev–Trinajstić information content (AvgIpc) is 2.50. The number of ether oxygens (including phenoxy) is 2. The van der Waals surface area contributed by atoms with Crippen molar-refractivity contribution < 1.29 is 39.8 Å². The zero-order valence-electron chi connectivity index (χ0n) is 12.0. The van der Waals surface area contributed by atoms with Gasteiger partial charge in [0.15, 0.2) is 6.29 Å². The van der Waals surface area contributed by atoms with E-state index in [-0.39, 0.29) is 19.4 Å². The van der Waals surface area contributed by atoms with Gasteiger partial charge in [0.05, 0.1) is 12.7 Å². The zero-order chi connectivity index (χ0) is 16.9. The highest BCUT2D eigenvalue weighted by Gasteiger charge is 2.44. The van der Waals surface area contributed by atoms with E-state index >= 15 is 0 Å². The van der Waals surface area contributed by atoms with Gasteiger partial charge < -0.3 is 46.5 Å². The minimum atomic E-state index is -1.55. The molecule has 0 saturated carbocycles. The first-order valence-electron chi connectivity index (χ1n) is 6.96. The molecule has 7 atom stereocenters. The first-order valence-corrected chi connectivity index (χ1v) is 6.96. The minimum absolute atomic E-state index is 0.0152. The molecule has 1 aliphatic heterocycles. The summed E-state index contributed by atoms with van der Waals surface area (Å²) in [6.07, 6.45) is -7.28. The Hall–Kier alpha value is -0.850. The molecule has 1 fully saturated rings. The second-order valence-electron chi connectivity index (χ2n) is 5.21. The van der Waals surface area contributed by atoms with Gasteiger partial charge in [0, 0.05) is 6.54 Å². The van der Waals surface area contributed by atoms with Gasteiger partial charge in [-0.25, -0.2) is 0 Å². The predicted molar refractivity (Wildman–Crippen MR) is 72.5 cm³/mol. The van der Waals surface area contributed by atoms with Crippen LogP contribution >= 0.6 is 0 Å². The summed E-state index contributed by atoms with van der Waals surface area (Å²) >= 11 is 0. The Morgan fingerprint density at radius 2 is 1.82 bits per heavy atom. The van der Waals surface area contributed by atoms with Crippen LogP contribution in [-0.2, 0) is 14.3 Å². The molecule has 0 aliphatic carbocycles. The van der Waals surface area contributed by atoms with E-state index in [1.165, 1.54) is 0 Å². The lowest BCUT2D eigenvalue weighted by Gasteiger charge is -2.40. The first kappa shape index (κ1) is 19.2. The highest BCUT2D eigenvalue weighted by molar-refractivity contribution is 5.72. The normalized spacial score (nSPS) is 35.1. The van der Waals surface area contributed by atoms with E-state index in [1.807, 2.05) is 0 Å². The molecule has 130 valence electrons. The van der Waals surface area contributed by atoms with E-state index in [1.54, 1.807) is 0 Å². The second-order valence-corrected chi connectivity index (χ2v) is 5.21. The number of carbonyl (C=O) groups is 1. The number of aliphatic carboxylic acids is 1. The number of hydrogen-bond donors (Lipinski definition) is 7. The maximum Gasteiger partial charge on any atom is 0.320 e. The van der Waals surface area contributed by atoms with Crippen LogP contribution in [0.1, 0.15) is 12.8 Å². The van der Waals surface area contributed by atoms with Crippen LogP contribution in [0.3, 0.4) is 0 Å². The second kappa shape index (κ2) is 8.70. The van der Waals surface area contributed by atoms with E-state index in [0.717, 1.165) is 0 Å². The Kier molecular flexibility index (Phi) is 7.59. The Morgan fingerprint density at radius 1 is 1.18 bits per heavy atom. The quantitative estimate of drug-likeness (QED) is 0.234. The van der Waals surface area contributed by atoms with Crippen LogP contribution in [0.2, 0.25) is 0 Å². The Bertz CT molecular complexity index is 356. The molecule has 1 aliphatic rings. The van der Waals surface area contributed by atoms with Crippen molar-refractivity contribution in [2.45, 2.75) is 55.7 Å². The van der Waals surface area contributed by atoms with Crippen molar-refractivity contribution in [1.82, 2.24) is 0 Å². The van der Waals surface area contributed by atoms with Crippen LogP contribution in [0.15, 0.2) is 0 Å². The van der Waals surface area contributed by atoms with Gasteiger partial charge >= 0.3 is 5.97 Å². The van der Waals surface area contributed by atoms with E-state index < -0.39 is 55.4 Å². The molecule has 0 spiro atoms. The molecule has 9 N–H and O–H groups in total. The van der Waals surface area contributed by atoms with E-state index in [2.05, 4.69) is 0 Å². The van der Waals surface area contributed by atoms with Crippen molar-refractivity contribution in [2.24, 2.45) is 11.5 Å². The number of carboxylic acid groups (broad SMARTS) is 1. The summed E-state index contributed by atoms with van der Waals surface area (Å²) in [5, 5.41) is 46.9. The van der Waals surface area contributed by atoms with Crippen LogP contribution in [0.5, 0.6) is 0 Å². The van der Waals surface area contributed by atoms with E-state index in [9.17, 15) is 20.1 Å². The summed E-state index contributed by atoms with van der Waals surface area (Å²) in [6.45, 7) is -0.552. The molecule has 0 aromatic rings. The summed E-state index contributed by atoms with van der Waals surface area (Å²) in [4.78, 5) is 10.7. The molecule has 0 amide bonds. The van der Waals surface area contributed by atoms with Crippen molar-refractivity contribution in [3.05, 3.63) is 0 Å². The Morgan fingerprint density at radius 3 is 2.32 bits per heavy atom. The van der Waals surface area contributed by atoms with Crippen molar-refractivity contribution in [3.63, 3.8) is 0 Å². The van der Waals surface area contributed by atoms with Gasteiger partial charge in [-0.15, -0.1) is 0 Å². The van der Waals surface area contributed by atoms with Crippen molar-refractivity contribution >= 4 is 5.97 Å². The van der Waals surface area contributed by atoms with Gasteiger partial charge in [-0.1, -0.05) is 0 Å². The molecule has 1 heterocycles. The summed E-state index contributed by atoms with van der Waals surface area (Å²) in [5.74, 6) is -1.15. The smallest absolute Gasteiger partial charge is 0.320 e. The first-order chi connectivity index (χ1) is 10.3. The van der Waals surface area contributed by atoms with Gasteiger partial charge in [-0.2, -0.15) is 0 Å². The highest BCUT2D eigenvalue weighted by atomic mass is 16.7. The highest BCUT2D eigenvalue weighted by Crippen LogP contribution is 2.23. The topological polar surface area (TPSA) is 189 Å². The third-order valence-corrected chi connectivity index (χ3v) is 3.55. The lowest BCUT2D eigenvalue weighted by Crippen LogP contribution is -2.60. The summed E-state index contributed by atoms with van der Waals surface area (Å²) in [6, 6.07) is -1.06. The molecular formula is C12H24N2O8. The van der Waals surface area contributed by atoms with Crippen LogP contribution in [0.25, 0.3) is 0 Å². The fraction of sp³-hybridized carbons (Fsp3) is 0.917. The van der Waals surface area contributed by atoms with Crippen LogP contribution < -0.4 is 11.5 Å². The predicted octanol–water partition coefficient (Wildman–Crippen LogP) is -3.68. The fourth-order valence-electron chi connectivity index (χ4n) is 2.10. The summed E-state index contributed by atoms with van der Waals surface area (Å²) in [5.41, 5.74) is 10.9. The number of rotatable bonds is 8. The third-order valence-electron chi connectivity index (χ3n) is 3.55. The molecule has 1 rings (SSSR count). The van der Waals surface area contributed by atoms with Crippen LogP contribution in [0, 0.1) is 0 Å². The minimum Gasteiger partial charge on any atom is -0.480 e. The molecule has 0 unspecified atom stereocenters. The van der Waals surface area contributed by atoms with Gasteiger partial charge in [0.1, 0.15) is 30.5 Å². The van der Waals surface area contributed by atoms with Crippen molar-refractivity contribution in [3.8, 4) is 0 Å². The molecule has 0 bridgehead atoms. The molecule has 1 saturated heterocycles. The maximum atomic E-state index is 10.7. The van der Waals surface area contributed by atoms with Gasteiger partial charge in [-0.05, 0) is 12.8 Å². The van der Waals surface area contributed by atoms with Crippen molar-refractivity contribution in [1.29, 1.82) is 0 Å². The van der Waals surface area contributed by atoms with Crippen LogP contribution in [0.4, 0.5) is 0 Å². The molecule has 0 radical (unpaired) electrons. The SMILES string of the molecule is NC[C@H](CC[C@H](N)C(=O)O)O[C@H]1O[C@H](CO)[C@H](O)[C@H](O)[C@H]1O. The monoisotopic (exact) mass is 324 g/mol. The van der Waals surface area contributed by atoms with Gasteiger partial charge in [0.25, 0.3) is 0 Å². The largest absolute Gasteiger partial charge is 0.480 e. The molecule has 0 aromatic carbocycles.